The summed E-state index contributed by atoms with van der Waals surface area (Å²) < 4.78 is 35.3. The summed E-state index contributed by atoms with van der Waals surface area (Å²) in [6, 6.07) is 0.715. The summed E-state index contributed by atoms with van der Waals surface area (Å²) in [4.78, 5) is 0. The standard InChI is InChI=1S/C8H9BF2O4/c1-14-5-3-4(10)7(11)8(15-2)6(5)9(12)13/h3,12-13H,1-2H3. The van der Waals surface area contributed by atoms with Gasteiger partial charge in [0.15, 0.2) is 11.6 Å². The molecule has 7 heteroatoms. The number of ether oxygens (including phenoxy) is 2. The lowest BCUT2D eigenvalue weighted by Crippen LogP contribution is -2.33. The quantitative estimate of drug-likeness (QED) is 0.681. The summed E-state index contributed by atoms with van der Waals surface area (Å²) in [5.41, 5.74) is -0.348. The Bertz CT molecular complexity index is 370. The second-order valence-corrected chi connectivity index (χ2v) is 2.70. The lowest BCUT2D eigenvalue weighted by Gasteiger charge is -2.13. The zero-order valence-corrected chi connectivity index (χ0v) is 8.12. The highest BCUT2D eigenvalue weighted by Crippen LogP contribution is 2.24. The van der Waals surface area contributed by atoms with E-state index in [2.05, 4.69) is 9.47 Å². The van der Waals surface area contributed by atoms with Gasteiger partial charge in [-0.05, 0) is 0 Å². The van der Waals surface area contributed by atoms with Crippen LogP contribution in [0.1, 0.15) is 0 Å². The molecule has 0 fully saturated rings. The molecule has 0 heterocycles. The molecule has 0 atom stereocenters. The molecule has 0 unspecified atom stereocenters. The van der Waals surface area contributed by atoms with Gasteiger partial charge in [0, 0.05) is 6.07 Å². The van der Waals surface area contributed by atoms with E-state index in [0.29, 0.717) is 6.07 Å². The number of benzene rings is 1. The molecular weight excluding hydrogens is 209 g/mol. The second-order valence-electron chi connectivity index (χ2n) is 2.70. The largest absolute Gasteiger partial charge is 0.497 e. The van der Waals surface area contributed by atoms with Crippen LogP contribution in [0.5, 0.6) is 11.5 Å². The highest BCUT2D eigenvalue weighted by molar-refractivity contribution is 6.61. The molecule has 1 rings (SSSR count). The van der Waals surface area contributed by atoms with E-state index < -0.39 is 24.5 Å². The fraction of sp³-hybridized carbons (Fsp3) is 0.250. The molecule has 0 aliphatic heterocycles. The average molecular weight is 218 g/mol. The zero-order valence-electron chi connectivity index (χ0n) is 8.12. The normalized spacial score (nSPS) is 10.0. The van der Waals surface area contributed by atoms with Gasteiger partial charge in [-0.3, -0.25) is 0 Å². The van der Waals surface area contributed by atoms with Gasteiger partial charge in [-0.2, -0.15) is 4.39 Å². The monoisotopic (exact) mass is 218 g/mol. The van der Waals surface area contributed by atoms with Crippen LogP contribution in [0.15, 0.2) is 6.07 Å². The molecule has 1 aromatic rings. The molecule has 0 aliphatic carbocycles. The Kier molecular flexibility index (Phi) is 3.49. The predicted octanol–water partition coefficient (Wildman–Crippen LogP) is -0.338. The van der Waals surface area contributed by atoms with Gasteiger partial charge in [-0.15, -0.1) is 0 Å². The maximum atomic E-state index is 13.2. The van der Waals surface area contributed by atoms with Gasteiger partial charge in [0.25, 0.3) is 0 Å². The van der Waals surface area contributed by atoms with Crippen LogP contribution in [-0.4, -0.2) is 31.4 Å². The molecule has 4 nitrogen and oxygen atoms in total. The van der Waals surface area contributed by atoms with Crippen LogP contribution < -0.4 is 14.9 Å². The van der Waals surface area contributed by atoms with Crippen LogP contribution in [-0.2, 0) is 0 Å². The van der Waals surface area contributed by atoms with Gasteiger partial charge in [0.2, 0.25) is 5.82 Å². The van der Waals surface area contributed by atoms with E-state index in [1.165, 1.54) is 7.11 Å². The number of hydrogen-bond donors (Lipinski definition) is 2. The van der Waals surface area contributed by atoms with E-state index in [9.17, 15) is 8.78 Å². The summed E-state index contributed by atoms with van der Waals surface area (Å²) in [5.74, 6) is -3.25. The molecule has 0 amide bonds. The van der Waals surface area contributed by atoms with E-state index >= 15 is 0 Å². The summed E-state index contributed by atoms with van der Waals surface area (Å²) in [6.45, 7) is 0. The lowest BCUT2D eigenvalue weighted by molar-refractivity contribution is 0.355. The highest BCUT2D eigenvalue weighted by Gasteiger charge is 2.27. The first-order chi connectivity index (χ1) is 7.02. The minimum Gasteiger partial charge on any atom is -0.497 e. The molecule has 0 saturated carbocycles. The first kappa shape index (κ1) is 11.7. The summed E-state index contributed by atoms with van der Waals surface area (Å²) in [6.07, 6.45) is 0. The fourth-order valence-corrected chi connectivity index (χ4v) is 1.21. The molecule has 0 bridgehead atoms. The number of hydrogen-bond acceptors (Lipinski definition) is 4. The van der Waals surface area contributed by atoms with Crippen LogP contribution in [0.2, 0.25) is 0 Å². The van der Waals surface area contributed by atoms with E-state index in [4.69, 9.17) is 10.0 Å². The Morgan fingerprint density at radius 1 is 1.20 bits per heavy atom. The molecule has 1 aromatic carbocycles. The van der Waals surface area contributed by atoms with Crippen molar-refractivity contribution in [3.8, 4) is 11.5 Å². The molecule has 0 aromatic heterocycles. The molecule has 0 aliphatic rings. The van der Waals surface area contributed by atoms with Crippen LogP contribution >= 0.6 is 0 Å². The molecular formula is C8H9BF2O4. The van der Waals surface area contributed by atoms with E-state index in [1.54, 1.807) is 0 Å². The van der Waals surface area contributed by atoms with E-state index in [1.807, 2.05) is 0 Å². The van der Waals surface area contributed by atoms with Crippen molar-refractivity contribution in [1.82, 2.24) is 0 Å². The smallest absolute Gasteiger partial charge is 0.496 e. The SMILES string of the molecule is COc1cc(F)c(F)c(OC)c1B(O)O. The van der Waals surface area contributed by atoms with Crippen LogP contribution in [0.4, 0.5) is 8.78 Å². The Morgan fingerprint density at radius 2 is 1.80 bits per heavy atom. The van der Waals surface area contributed by atoms with Crippen molar-refractivity contribution in [1.29, 1.82) is 0 Å². The molecule has 0 spiro atoms. The van der Waals surface area contributed by atoms with Gasteiger partial charge in [-0.25, -0.2) is 4.39 Å². The van der Waals surface area contributed by atoms with Gasteiger partial charge in [0.1, 0.15) is 5.75 Å². The van der Waals surface area contributed by atoms with Crippen molar-refractivity contribution in [3.63, 3.8) is 0 Å². The van der Waals surface area contributed by atoms with Crippen molar-refractivity contribution in [2.45, 2.75) is 0 Å². The van der Waals surface area contributed by atoms with Gasteiger partial charge in [0.05, 0.1) is 19.7 Å². The maximum absolute atomic E-state index is 13.2. The van der Waals surface area contributed by atoms with Gasteiger partial charge in [-0.1, -0.05) is 0 Å². The Morgan fingerprint density at radius 3 is 2.20 bits per heavy atom. The van der Waals surface area contributed by atoms with Gasteiger partial charge < -0.3 is 19.5 Å². The van der Waals surface area contributed by atoms with Crippen LogP contribution in [0.3, 0.4) is 0 Å². The van der Waals surface area contributed by atoms with Crippen LogP contribution in [0, 0.1) is 11.6 Å². The summed E-state index contributed by atoms with van der Waals surface area (Å²) in [5, 5.41) is 17.9. The Labute approximate surface area is 85.2 Å². The average Bonchev–Trinajstić information content (AvgIpc) is 2.20. The van der Waals surface area contributed by atoms with Crippen molar-refractivity contribution in [3.05, 3.63) is 17.7 Å². The van der Waals surface area contributed by atoms with Crippen molar-refractivity contribution in [2.24, 2.45) is 0 Å². The third-order valence-electron chi connectivity index (χ3n) is 1.86. The first-order valence-corrected chi connectivity index (χ1v) is 3.99. The number of methoxy groups -OCH3 is 2. The third kappa shape index (κ3) is 2.03. The van der Waals surface area contributed by atoms with Crippen molar-refractivity contribution >= 4 is 12.6 Å². The van der Waals surface area contributed by atoms with Crippen molar-refractivity contribution in [2.75, 3.05) is 14.2 Å². The second kappa shape index (κ2) is 4.46. The zero-order chi connectivity index (χ0) is 11.6. The first-order valence-electron chi connectivity index (χ1n) is 3.99. The number of halogens is 2. The fourth-order valence-electron chi connectivity index (χ4n) is 1.21. The molecule has 0 saturated heterocycles. The van der Waals surface area contributed by atoms with E-state index in [-0.39, 0.29) is 11.2 Å². The van der Waals surface area contributed by atoms with Gasteiger partial charge >= 0.3 is 7.12 Å². The molecule has 0 radical (unpaired) electrons. The van der Waals surface area contributed by atoms with Crippen molar-refractivity contribution < 1.29 is 28.3 Å². The third-order valence-corrected chi connectivity index (χ3v) is 1.86. The minimum absolute atomic E-state index is 0.194. The molecule has 82 valence electrons. The Hall–Kier alpha value is -1.34. The number of rotatable bonds is 3. The van der Waals surface area contributed by atoms with E-state index in [0.717, 1.165) is 7.11 Å². The summed E-state index contributed by atoms with van der Waals surface area (Å²) in [7, 11) is 0.270. The maximum Gasteiger partial charge on any atom is 0.496 e. The summed E-state index contributed by atoms with van der Waals surface area (Å²) >= 11 is 0. The molecule has 15 heavy (non-hydrogen) atoms. The minimum atomic E-state index is -2.01. The lowest BCUT2D eigenvalue weighted by atomic mass is 9.78. The highest BCUT2D eigenvalue weighted by atomic mass is 19.2. The Balaban J connectivity index is 3.49. The van der Waals surface area contributed by atoms with Crippen LogP contribution in [0.25, 0.3) is 0 Å². The molecule has 2 N–H and O–H groups in total. The topological polar surface area (TPSA) is 58.9 Å². The predicted molar refractivity (Wildman–Crippen MR) is 49.3 cm³/mol.